The van der Waals surface area contributed by atoms with Crippen LogP contribution in [0.5, 0.6) is 0 Å². The van der Waals surface area contributed by atoms with Gasteiger partial charge in [-0.2, -0.15) is 0 Å². The van der Waals surface area contributed by atoms with Gasteiger partial charge in [-0.15, -0.1) is 0 Å². The maximum absolute atomic E-state index is 12.9. The zero-order valence-corrected chi connectivity index (χ0v) is 19.6. The fourth-order valence-corrected chi connectivity index (χ4v) is 5.39. The molecule has 1 aromatic rings. The van der Waals surface area contributed by atoms with E-state index >= 15 is 0 Å². The lowest BCUT2D eigenvalue weighted by Gasteiger charge is -2.49. The highest BCUT2D eigenvalue weighted by Gasteiger charge is 2.50. The molecular weight excluding hydrogens is 390 g/mol. The number of amides is 2. The van der Waals surface area contributed by atoms with Crippen molar-refractivity contribution in [3.63, 3.8) is 0 Å². The molecule has 172 valence electrons. The molecule has 1 heterocycles. The van der Waals surface area contributed by atoms with Crippen molar-refractivity contribution in [2.45, 2.75) is 57.9 Å². The largest absolute Gasteiger partial charge is 0.395 e. The Morgan fingerprint density at radius 3 is 2.39 bits per heavy atom. The number of hydrogen-bond acceptors (Lipinski definition) is 4. The van der Waals surface area contributed by atoms with Crippen molar-refractivity contribution < 1.29 is 14.7 Å². The van der Waals surface area contributed by atoms with E-state index in [-0.39, 0.29) is 35.9 Å². The molecule has 0 bridgehead atoms. The van der Waals surface area contributed by atoms with Gasteiger partial charge in [-0.3, -0.25) is 14.5 Å². The first-order chi connectivity index (χ1) is 14.6. The smallest absolute Gasteiger partial charge is 0.225 e. The molecule has 1 aromatic carbocycles. The summed E-state index contributed by atoms with van der Waals surface area (Å²) in [4.78, 5) is 29.5. The monoisotopic (exact) mass is 429 g/mol. The number of rotatable bonds is 8. The lowest BCUT2D eigenvalue weighted by atomic mass is 9.64. The Morgan fingerprint density at radius 1 is 1.16 bits per heavy atom. The van der Waals surface area contributed by atoms with E-state index in [4.69, 9.17) is 5.11 Å². The first-order valence-electron chi connectivity index (χ1n) is 11.5. The van der Waals surface area contributed by atoms with Gasteiger partial charge in [0.15, 0.2) is 0 Å². The normalized spacial score (nSPS) is 26.6. The number of aliphatic hydroxyl groups excluding tert-OH is 1. The number of benzene rings is 1. The third-order valence-corrected chi connectivity index (χ3v) is 7.73. The van der Waals surface area contributed by atoms with E-state index in [2.05, 4.69) is 54.6 Å². The van der Waals surface area contributed by atoms with Gasteiger partial charge in [-0.1, -0.05) is 44.2 Å². The predicted octanol–water partition coefficient (Wildman–Crippen LogP) is 2.76. The number of likely N-dealkylation sites (tertiary alicyclic amines) is 1. The molecule has 1 aliphatic carbocycles. The summed E-state index contributed by atoms with van der Waals surface area (Å²) in [5, 5.41) is 11.7. The number of carbonyl (C=O) groups is 2. The molecule has 3 rings (SSSR count). The zero-order chi connectivity index (χ0) is 22.7. The molecule has 2 aliphatic rings. The maximum Gasteiger partial charge on any atom is 0.225 e. The van der Waals surface area contributed by atoms with Crippen molar-refractivity contribution in [3.05, 3.63) is 35.9 Å². The SMILES string of the molecule is CN(C)C1(c2ccccc2)CCC2(CC1)CC(=O)N(CCC(C)(C)C(=O)NCCO)C2. The highest BCUT2D eigenvalue weighted by molar-refractivity contribution is 5.82. The molecule has 0 radical (unpaired) electrons. The molecule has 0 unspecified atom stereocenters. The van der Waals surface area contributed by atoms with Crippen LogP contribution in [0.15, 0.2) is 30.3 Å². The van der Waals surface area contributed by atoms with Gasteiger partial charge in [0.1, 0.15) is 0 Å². The Balaban J connectivity index is 1.62. The number of nitrogens with one attached hydrogen (secondary N) is 1. The summed E-state index contributed by atoms with van der Waals surface area (Å²) >= 11 is 0. The Bertz CT molecular complexity index is 767. The summed E-state index contributed by atoms with van der Waals surface area (Å²) in [5.74, 6) is 0.155. The molecule has 2 fully saturated rings. The van der Waals surface area contributed by atoms with Gasteiger partial charge in [0.05, 0.1) is 6.61 Å². The van der Waals surface area contributed by atoms with Gasteiger partial charge in [-0.25, -0.2) is 0 Å². The number of aliphatic hydroxyl groups is 1. The summed E-state index contributed by atoms with van der Waals surface area (Å²) in [6.07, 6.45) is 5.45. The van der Waals surface area contributed by atoms with E-state index in [1.807, 2.05) is 18.7 Å². The van der Waals surface area contributed by atoms with Crippen LogP contribution in [0.2, 0.25) is 0 Å². The summed E-state index contributed by atoms with van der Waals surface area (Å²) in [5.41, 5.74) is 0.905. The highest BCUT2D eigenvalue weighted by Crippen LogP contribution is 2.52. The van der Waals surface area contributed by atoms with Crippen LogP contribution >= 0.6 is 0 Å². The average Bonchev–Trinajstić information content (AvgIpc) is 3.06. The average molecular weight is 430 g/mol. The Morgan fingerprint density at radius 2 is 1.81 bits per heavy atom. The van der Waals surface area contributed by atoms with E-state index in [9.17, 15) is 9.59 Å². The van der Waals surface area contributed by atoms with Crippen LogP contribution in [0.4, 0.5) is 0 Å². The number of hydrogen-bond donors (Lipinski definition) is 2. The summed E-state index contributed by atoms with van der Waals surface area (Å²) in [6, 6.07) is 10.8. The fourth-order valence-electron chi connectivity index (χ4n) is 5.39. The fraction of sp³-hybridized carbons (Fsp3) is 0.680. The van der Waals surface area contributed by atoms with Crippen molar-refractivity contribution in [2.75, 3.05) is 40.3 Å². The van der Waals surface area contributed by atoms with Crippen molar-refractivity contribution in [1.29, 1.82) is 0 Å². The van der Waals surface area contributed by atoms with E-state index in [0.29, 0.717) is 19.4 Å². The Hall–Kier alpha value is -1.92. The second-order valence-corrected chi connectivity index (χ2v) is 10.4. The molecule has 6 nitrogen and oxygen atoms in total. The van der Waals surface area contributed by atoms with Crippen molar-refractivity contribution in [3.8, 4) is 0 Å². The first kappa shape index (κ1) is 23.7. The van der Waals surface area contributed by atoms with Crippen LogP contribution in [-0.4, -0.2) is 67.1 Å². The maximum atomic E-state index is 12.9. The van der Waals surface area contributed by atoms with Crippen molar-refractivity contribution in [2.24, 2.45) is 10.8 Å². The van der Waals surface area contributed by atoms with Gasteiger partial charge in [0.25, 0.3) is 0 Å². The second kappa shape index (κ2) is 9.29. The molecular formula is C25H39N3O3. The molecule has 31 heavy (non-hydrogen) atoms. The molecule has 1 saturated heterocycles. The van der Waals surface area contributed by atoms with Gasteiger partial charge in [0, 0.05) is 37.0 Å². The van der Waals surface area contributed by atoms with Crippen molar-refractivity contribution in [1.82, 2.24) is 15.1 Å². The molecule has 1 spiro atoms. The predicted molar refractivity (Wildman–Crippen MR) is 122 cm³/mol. The van der Waals surface area contributed by atoms with Crippen LogP contribution in [0.3, 0.4) is 0 Å². The molecule has 2 amide bonds. The van der Waals surface area contributed by atoms with E-state index in [0.717, 1.165) is 32.2 Å². The van der Waals surface area contributed by atoms with Crippen LogP contribution < -0.4 is 5.32 Å². The lowest BCUT2D eigenvalue weighted by Crippen LogP contribution is -2.47. The van der Waals surface area contributed by atoms with E-state index < -0.39 is 5.41 Å². The van der Waals surface area contributed by atoms with Gasteiger partial charge < -0.3 is 15.3 Å². The molecule has 1 aliphatic heterocycles. The van der Waals surface area contributed by atoms with E-state index in [1.165, 1.54) is 5.56 Å². The third kappa shape index (κ3) is 4.96. The topological polar surface area (TPSA) is 72.9 Å². The Kier molecular flexibility index (Phi) is 7.11. The van der Waals surface area contributed by atoms with E-state index in [1.54, 1.807) is 0 Å². The quantitative estimate of drug-likeness (QED) is 0.667. The number of carbonyl (C=O) groups excluding carboxylic acids is 2. The van der Waals surface area contributed by atoms with Crippen molar-refractivity contribution >= 4 is 11.8 Å². The van der Waals surface area contributed by atoms with Gasteiger partial charge in [0.2, 0.25) is 11.8 Å². The van der Waals surface area contributed by atoms with Crippen LogP contribution in [-0.2, 0) is 15.1 Å². The standard InChI is InChI=1S/C25H39N3O3/c1-23(2,22(31)26-15-17-29)14-16-28-19-24(18-21(28)30)10-12-25(13-11-24,27(3)4)20-8-6-5-7-9-20/h5-9,29H,10-19H2,1-4H3,(H,26,31). The van der Waals surface area contributed by atoms with Crippen LogP contribution in [0.25, 0.3) is 0 Å². The molecule has 0 atom stereocenters. The molecule has 0 aromatic heterocycles. The highest BCUT2D eigenvalue weighted by atomic mass is 16.3. The molecule has 2 N–H and O–H groups in total. The van der Waals surface area contributed by atoms with Gasteiger partial charge in [-0.05, 0) is 57.2 Å². The molecule has 1 saturated carbocycles. The van der Waals surface area contributed by atoms with Crippen LogP contribution in [0.1, 0.15) is 57.9 Å². The summed E-state index contributed by atoms with van der Waals surface area (Å²) in [6.45, 7) is 5.43. The minimum atomic E-state index is -0.564. The zero-order valence-electron chi connectivity index (χ0n) is 19.6. The Labute approximate surface area is 187 Å². The summed E-state index contributed by atoms with van der Waals surface area (Å²) < 4.78 is 0. The number of nitrogens with zero attached hydrogens (tertiary/aromatic N) is 2. The van der Waals surface area contributed by atoms with Gasteiger partial charge >= 0.3 is 0 Å². The summed E-state index contributed by atoms with van der Waals surface area (Å²) in [7, 11) is 4.34. The lowest BCUT2D eigenvalue weighted by molar-refractivity contribution is -0.132. The van der Waals surface area contributed by atoms with Crippen LogP contribution in [0, 0.1) is 10.8 Å². The third-order valence-electron chi connectivity index (χ3n) is 7.73. The molecule has 6 heteroatoms. The second-order valence-electron chi connectivity index (χ2n) is 10.4. The first-order valence-corrected chi connectivity index (χ1v) is 11.5. The minimum Gasteiger partial charge on any atom is -0.395 e. The minimum absolute atomic E-state index is 0.0375.